The smallest absolute Gasteiger partial charge is 0.0928 e. The van der Waals surface area contributed by atoms with Crippen LogP contribution in [0.3, 0.4) is 0 Å². The first-order valence-electron chi connectivity index (χ1n) is 6.10. The van der Waals surface area contributed by atoms with Gasteiger partial charge in [0.15, 0.2) is 0 Å². The van der Waals surface area contributed by atoms with Crippen molar-refractivity contribution in [1.29, 1.82) is 0 Å². The molecule has 3 heteroatoms. The summed E-state index contributed by atoms with van der Waals surface area (Å²) in [5, 5.41) is 6.84. The third-order valence-corrected chi connectivity index (χ3v) is 3.50. The summed E-state index contributed by atoms with van der Waals surface area (Å²) >= 11 is 1.78. The molecule has 0 amide bonds. The number of aryl methyl sites for hydroxylation is 1. The number of benzene rings is 1. The molecular formula is C14H18N2S. The number of rotatable bonds is 6. The summed E-state index contributed by atoms with van der Waals surface area (Å²) in [6.45, 7) is 3.14. The quantitative estimate of drug-likeness (QED) is 0.839. The molecular weight excluding hydrogens is 228 g/mol. The highest BCUT2D eigenvalue weighted by Crippen LogP contribution is 2.12. The molecule has 0 radical (unpaired) electrons. The fourth-order valence-corrected chi connectivity index (χ4v) is 2.62. The first-order valence-corrected chi connectivity index (χ1v) is 6.98. The summed E-state index contributed by atoms with van der Waals surface area (Å²) in [6, 6.07) is 10.3. The maximum Gasteiger partial charge on any atom is 0.0928 e. The second-order valence-corrected chi connectivity index (χ2v) is 4.97. The predicted molar refractivity (Wildman–Crippen MR) is 74.7 cm³/mol. The van der Waals surface area contributed by atoms with Crippen LogP contribution in [0, 0.1) is 0 Å². The molecule has 0 aliphatic carbocycles. The van der Waals surface area contributed by atoms with E-state index in [1.807, 2.05) is 18.2 Å². The molecule has 2 nitrogen and oxygen atoms in total. The molecule has 1 aromatic carbocycles. The van der Waals surface area contributed by atoms with Gasteiger partial charge in [-0.2, -0.15) is 0 Å². The van der Waals surface area contributed by atoms with E-state index in [1.54, 1.807) is 11.3 Å². The summed E-state index contributed by atoms with van der Waals surface area (Å²) in [7, 11) is 0. The monoisotopic (exact) mass is 246 g/mol. The molecule has 0 aliphatic heterocycles. The maximum atomic E-state index is 4.61. The number of hydrogen-bond donors (Lipinski definition) is 1. The number of nitrogens with one attached hydrogen (secondary N) is 1. The van der Waals surface area contributed by atoms with Crippen molar-refractivity contribution in [3.63, 3.8) is 0 Å². The Kier molecular flexibility index (Phi) is 4.56. The summed E-state index contributed by atoms with van der Waals surface area (Å²) in [5.41, 5.74) is 2.39. The molecule has 0 fully saturated rings. The van der Waals surface area contributed by atoms with Crippen LogP contribution < -0.4 is 5.32 Å². The van der Waals surface area contributed by atoms with Gasteiger partial charge in [-0.15, -0.1) is 11.3 Å². The van der Waals surface area contributed by atoms with Gasteiger partial charge in [0.1, 0.15) is 0 Å². The molecule has 90 valence electrons. The summed E-state index contributed by atoms with van der Waals surface area (Å²) in [4.78, 5) is 4.61. The Morgan fingerprint density at radius 2 is 2.00 bits per heavy atom. The van der Waals surface area contributed by atoms with Crippen LogP contribution in [-0.4, -0.2) is 11.5 Å². The maximum absolute atomic E-state index is 4.61. The highest BCUT2D eigenvalue weighted by atomic mass is 32.1. The number of aromatic nitrogens is 1. The third-order valence-electron chi connectivity index (χ3n) is 2.55. The minimum absolute atomic E-state index is 0.944. The molecule has 1 heterocycles. The van der Waals surface area contributed by atoms with Crippen molar-refractivity contribution in [2.45, 2.75) is 26.2 Å². The van der Waals surface area contributed by atoms with Gasteiger partial charge in [0.2, 0.25) is 0 Å². The normalized spacial score (nSPS) is 10.4. The van der Waals surface area contributed by atoms with E-state index in [2.05, 4.69) is 34.7 Å². The predicted octanol–water partition coefficient (Wildman–Crippen LogP) is 3.75. The molecule has 0 saturated heterocycles. The standard InChI is InChI=1S/C14H18N2S/c1-2-6-14-16-13(11-17-14)9-10-15-12-7-4-3-5-8-12/h3-5,7-8,11,15H,2,6,9-10H2,1H3. The minimum Gasteiger partial charge on any atom is -0.385 e. The van der Waals surface area contributed by atoms with Crippen molar-refractivity contribution in [3.8, 4) is 0 Å². The lowest BCUT2D eigenvalue weighted by molar-refractivity contribution is 0.885. The molecule has 0 unspecified atom stereocenters. The fourth-order valence-electron chi connectivity index (χ4n) is 1.68. The van der Waals surface area contributed by atoms with Gasteiger partial charge in [-0.05, 0) is 25.0 Å². The lowest BCUT2D eigenvalue weighted by Crippen LogP contribution is -2.04. The van der Waals surface area contributed by atoms with Crippen molar-refractivity contribution in [2.75, 3.05) is 11.9 Å². The van der Waals surface area contributed by atoms with Gasteiger partial charge < -0.3 is 5.32 Å². The average molecular weight is 246 g/mol. The summed E-state index contributed by atoms with van der Waals surface area (Å²) < 4.78 is 0. The Balaban J connectivity index is 1.78. The van der Waals surface area contributed by atoms with Crippen LogP contribution in [0.5, 0.6) is 0 Å². The molecule has 0 aliphatic rings. The van der Waals surface area contributed by atoms with Crippen LogP contribution in [0.4, 0.5) is 5.69 Å². The van der Waals surface area contributed by atoms with Gasteiger partial charge >= 0.3 is 0 Å². The van der Waals surface area contributed by atoms with E-state index in [1.165, 1.54) is 22.8 Å². The van der Waals surface area contributed by atoms with E-state index in [0.29, 0.717) is 0 Å². The van der Waals surface area contributed by atoms with Gasteiger partial charge in [-0.3, -0.25) is 0 Å². The Labute approximate surface area is 107 Å². The van der Waals surface area contributed by atoms with Crippen molar-refractivity contribution in [3.05, 3.63) is 46.4 Å². The van der Waals surface area contributed by atoms with E-state index >= 15 is 0 Å². The van der Waals surface area contributed by atoms with Crippen molar-refractivity contribution in [1.82, 2.24) is 4.98 Å². The molecule has 1 aromatic heterocycles. The zero-order valence-electron chi connectivity index (χ0n) is 10.1. The third kappa shape index (κ3) is 3.86. The number of nitrogens with zero attached hydrogens (tertiary/aromatic N) is 1. The number of para-hydroxylation sites is 1. The second-order valence-electron chi connectivity index (χ2n) is 4.03. The average Bonchev–Trinajstić information content (AvgIpc) is 2.79. The van der Waals surface area contributed by atoms with Crippen molar-refractivity contribution >= 4 is 17.0 Å². The lowest BCUT2D eigenvalue weighted by Gasteiger charge is -2.03. The first-order chi connectivity index (χ1) is 8.38. The highest BCUT2D eigenvalue weighted by Gasteiger charge is 2.00. The molecule has 0 saturated carbocycles. The molecule has 2 rings (SSSR count). The van der Waals surface area contributed by atoms with E-state index < -0.39 is 0 Å². The van der Waals surface area contributed by atoms with Crippen LogP contribution in [0.1, 0.15) is 24.0 Å². The Morgan fingerprint density at radius 1 is 1.18 bits per heavy atom. The van der Waals surface area contributed by atoms with Crippen LogP contribution in [0.15, 0.2) is 35.7 Å². The van der Waals surface area contributed by atoms with Crippen LogP contribution in [0.2, 0.25) is 0 Å². The Morgan fingerprint density at radius 3 is 2.76 bits per heavy atom. The van der Waals surface area contributed by atoms with Gasteiger partial charge in [-0.25, -0.2) is 4.98 Å². The molecule has 0 bridgehead atoms. The van der Waals surface area contributed by atoms with E-state index in [9.17, 15) is 0 Å². The SMILES string of the molecule is CCCc1nc(CCNc2ccccc2)cs1. The molecule has 17 heavy (non-hydrogen) atoms. The summed E-state index contributed by atoms with van der Waals surface area (Å²) in [6.07, 6.45) is 3.28. The Hall–Kier alpha value is -1.35. The first kappa shape index (κ1) is 12.1. The lowest BCUT2D eigenvalue weighted by atomic mass is 10.3. The van der Waals surface area contributed by atoms with Crippen LogP contribution >= 0.6 is 11.3 Å². The molecule has 1 N–H and O–H groups in total. The van der Waals surface area contributed by atoms with Crippen LogP contribution in [-0.2, 0) is 12.8 Å². The summed E-state index contributed by atoms with van der Waals surface area (Å²) in [5.74, 6) is 0. The Bertz CT molecular complexity index is 436. The second kappa shape index (κ2) is 6.40. The number of thiazole rings is 1. The topological polar surface area (TPSA) is 24.9 Å². The zero-order valence-corrected chi connectivity index (χ0v) is 11.0. The van der Waals surface area contributed by atoms with Gasteiger partial charge in [0.05, 0.1) is 10.7 Å². The number of anilines is 1. The molecule has 0 spiro atoms. The van der Waals surface area contributed by atoms with Gasteiger partial charge in [-0.1, -0.05) is 25.1 Å². The zero-order chi connectivity index (χ0) is 11.9. The number of hydrogen-bond acceptors (Lipinski definition) is 3. The van der Waals surface area contributed by atoms with Crippen molar-refractivity contribution in [2.24, 2.45) is 0 Å². The van der Waals surface area contributed by atoms with Gasteiger partial charge in [0, 0.05) is 24.0 Å². The fraction of sp³-hybridized carbons (Fsp3) is 0.357. The van der Waals surface area contributed by atoms with Gasteiger partial charge in [0.25, 0.3) is 0 Å². The largest absolute Gasteiger partial charge is 0.385 e. The molecule has 0 atom stereocenters. The van der Waals surface area contributed by atoms with Crippen molar-refractivity contribution < 1.29 is 0 Å². The van der Waals surface area contributed by atoms with Crippen LogP contribution in [0.25, 0.3) is 0 Å². The minimum atomic E-state index is 0.944. The van der Waals surface area contributed by atoms with E-state index in [4.69, 9.17) is 0 Å². The van der Waals surface area contributed by atoms with E-state index in [-0.39, 0.29) is 0 Å². The molecule has 2 aromatic rings. The van der Waals surface area contributed by atoms with E-state index in [0.717, 1.165) is 19.4 Å². The highest BCUT2D eigenvalue weighted by molar-refractivity contribution is 7.09.